The number of hydrogen-bond donors (Lipinski definition) is 1. The second-order valence-corrected chi connectivity index (χ2v) is 7.44. The van der Waals surface area contributed by atoms with Crippen LogP contribution in [0.15, 0.2) is 76.8 Å². The fourth-order valence-corrected chi connectivity index (χ4v) is 3.41. The highest BCUT2D eigenvalue weighted by Crippen LogP contribution is 2.24. The largest absolute Gasteiger partial charge is 0.321 e. The Balaban J connectivity index is 1.78. The van der Waals surface area contributed by atoms with Crippen molar-refractivity contribution >= 4 is 39.3 Å². The standard InChI is InChI=1S/C23H15BrFN3O3/c24-22-12-16(7-8-17(22)9-15-3-1-4-19(25)11-15)10-18(14-26)23(29)27-20-5-2-6-21(13-20)28(30)31/h1-8,10-13H,9H2,(H,27,29)/b18-10+. The molecule has 0 aromatic heterocycles. The highest BCUT2D eigenvalue weighted by molar-refractivity contribution is 9.10. The zero-order valence-corrected chi connectivity index (χ0v) is 17.6. The topological polar surface area (TPSA) is 96.0 Å². The van der Waals surface area contributed by atoms with Gasteiger partial charge in [0, 0.05) is 22.3 Å². The molecule has 3 aromatic rings. The molecule has 0 atom stereocenters. The van der Waals surface area contributed by atoms with Crippen molar-refractivity contribution in [2.45, 2.75) is 6.42 Å². The summed E-state index contributed by atoms with van der Waals surface area (Å²) in [6, 6.07) is 19.0. The number of nitriles is 1. The summed E-state index contributed by atoms with van der Waals surface area (Å²) < 4.78 is 14.1. The monoisotopic (exact) mass is 479 g/mol. The number of non-ortho nitro benzene ring substituents is 1. The lowest BCUT2D eigenvalue weighted by atomic mass is 10.0. The van der Waals surface area contributed by atoms with Gasteiger partial charge in [-0.25, -0.2) is 4.39 Å². The quantitative estimate of drug-likeness (QED) is 0.214. The van der Waals surface area contributed by atoms with Crippen LogP contribution in [0.2, 0.25) is 0 Å². The molecule has 8 heteroatoms. The van der Waals surface area contributed by atoms with Crippen LogP contribution in [-0.4, -0.2) is 10.8 Å². The Morgan fingerprint density at radius 2 is 1.94 bits per heavy atom. The van der Waals surface area contributed by atoms with Crippen LogP contribution in [0.3, 0.4) is 0 Å². The summed E-state index contributed by atoms with van der Waals surface area (Å²) in [5.74, 6) is -0.982. The summed E-state index contributed by atoms with van der Waals surface area (Å²) in [5.41, 5.74) is 2.24. The van der Waals surface area contributed by atoms with Gasteiger partial charge in [0.2, 0.25) is 0 Å². The minimum atomic E-state index is -0.678. The Morgan fingerprint density at radius 3 is 2.61 bits per heavy atom. The maximum Gasteiger partial charge on any atom is 0.271 e. The number of hydrogen-bond acceptors (Lipinski definition) is 4. The van der Waals surface area contributed by atoms with Gasteiger partial charge in [0.25, 0.3) is 11.6 Å². The number of amides is 1. The fourth-order valence-electron chi connectivity index (χ4n) is 2.87. The molecule has 0 unspecified atom stereocenters. The van der Waals surface area contributed by atoms with Gasteiger partial charge < -0.3 is 5.32 Å². The van der Waals surface area contributed by atoms with Crippen molar-refractivity contribution in [2.75, 3.05) is 5.32 Å². The fraction of sp³-hybridized carbons (Fsp3) is 0.0435. The van der Waals surface area contributed by atoms with Crippen molar-refractivity contribution in [1.82, 2.24) is 0 Å². The van der Waals surface area contributed by atoms with Crippen molar-refractivity contribution < 1.29 is 14.1 Å². The molecule has 31 heavy (non-hydrogen) atoms. The number of nitro benzene ring substituents is 1. The zero-order valence-electron chi connectivity index (χ0n) is 16.0. The Morgan fingerprint density at radius 1 is 1.16 bits per heavy atom. The van der Waals surface area contributed by atoms with E-state index in [1.165, 1.54) is 42.5 Å². The molecule has 0 heterocycles. The highest BCUT2D eigenvalue weighted by atomic mass is 79.9. The maximum absolute atomic E-state index is 13.4. The average Bonchev–Trinajstić information content (AvgIpc) is 2.74. The molecule has 0 radical (unpaired) electrons. The van der Waals surface area contributed by atoms with E-state index < -0.39 is 10.8 Å². The summed E-state index contributed by atoms with van der Waals surface area (Å²) in [4.78, 5) is 22.7. The van der Waals surface area contributed by atoms with Crippen molar-refractivity contribution in [1.29, 1.82) is 5.26 Å². The van der Waals surface area contributed by atoms with E-state index in [9.17, 15) is 24.6 Å². The van der Waals surface area contributed by atoms with E-state index in [-0.39, 0.29) is 22.8 Å². The molecule has 0 fully saturated rings. The van der Waals surface area contributed by atoms with E-state index in [4.69, 9.17) is 0 Å². The second kappa shape index (κ2) is 9.78. The molecule has 0 aliphatic carbocycles. The number of halogens is 2. The number of nitro groups is 1. The van der Waals surface area contributed by atoms with Gasteiger partial charge in [-0.2, -0.15) is 5.26 Å². The van der Waals surface area contributed by atoms with Gasteiger partial charge >= 0.3 is 0 Å². The lowest BCUT2D eigenvalue weighted by molar-refractivity contribution is -0.384. The molecule has 0 saturated carbocycles. The number of anilines is 1. The third-order valence-electron chi connectivity index (χ3n) is 4.35. The van der Waals surface area contributed by atoms with E-state index in [0.29, 0.717) is 12.0 Å². The molecule has 0 spiro atoms. The van der Waals surface area contributed by atoms with Gasteiger partial charge in [-0.05, 0) is 53.5 Å². The van der Waals surface area contributed by atoms with Crippen molar-refractivity contribution in [3.8, 4) is 6.07 Å². The smallest absolute Gasteiger partial charge is 0.271 e. The van der Waals surface area contributed by atoms with Gasteiger partial charge in [0.05, 0.1) is 4.92 Å². The molecule has 1 N–H and O–H groups in total. The van der Waals surface area contributed by atoms with Gasteiger partial charge in [-0.3, -0.25) is 14.9 Å². The number of nitrogens with zero attached hydrogens (tertiary/aromatic N) is 2. The number of carbonyl (C=O) groups excluding carboxylic acids is 1. The molecule has 6 nitrogen and oxygen atoms in total. The summed E-state index contributed by atoms with van der Waals surface area (Å²) >= 11 is 3.48. The van der Waals surface area contributed by atoms with Crippen LogP contribution < -0.4 is 5.32 Å². The number of rotatable bonds is 6. The van der Waals surface area contributed by atoms with Crippen LogP contribution in [0.4, 0.5) is 15.8 Å². The summed E-state index contributed by atoms with van der Waals surface area (Å²) in [7, 11) is 0. The first-order chi connectivity index (χ1) is 14.9. The van der Waals surface area contributed by atoms with E-state index in [2.05, 4.69) is 21.2 Å². The second-order valence-electron chi connectivity index (χ2n) is 6.59. The van der Waals surface area contributed by atoms with E-state index in [0.717, 1.165) is 15.6 Å². The predicted octanol–water partition coefficient (Wildman–Crippen LogP) is 5.63. The lowest BCUT2D eigenvalue weighted by Crippen LogP contribution is -2.13. The molecule has 0 saturated heterocycles. The van der Waals surface area contributed by atoms with Crippen molar-refractivity contribution in [2.24, 2.45) is 0 Å². The van der Waals surface area contributed by atoms with Gasteiger partial charge in [0.15, 0.2) is 0 Å². The zero-order chi connectivity index (χ0) is 22.4. The highest BCUT2D eigenvalue weighted by Gasteiger charge is 2.13. The normalized spacial score (nSPS) is 10.9. The summed E-state index contributed by atoms with van der Waals surface area (Å²) in [6.07, 6.45) is 1.93. The van der Waals surface area contributed by atoms with Gasteiger partial charge in [-0.1, -0.05) is 46.3 Å². The van der Waals surface area contributed by atoms with Crippen LogP contribution >= 0.6 is 15.9 Å². The number of carbonyl (C=O) groups is 1. The molecule has 3 aromatic carbocycles. The SMILES string of the molecule is N#C/C(=C\c1ccc(Cc2cccc(F)c2)c(Br)c1)C(=O)Nc1cccc([N+](=O)[O-])c1. The molecule has 3 rings (SSSR count). The van der Waals surface area contributed by atoms with Crippen LogP contribution in [0, 0.1) is 27.3 Å². The average molecular weight is 480 g/mol. The molecule has 0 aliphatic heterocycles. The molecule has 154 valence electrons. The third-order valence-corrected chi connectivity index (χ3v) is 5.09. The Bertz CT molecular complexity index is 1230. The van der Waals surface area contributed by atoms with Crippen molar-refractivity contribution in [3.63, 3.8) is 0 Å². The van der Waals surface area contributed by atoms with Crippen LogP contribution in [0.25, 0.3) is 6.08 Å². The minimum absolute atomic E-state index is 0.156. The van der Waals surface area contributed by atoms with Crippen LogP contribution in [0.5, 0.6) is 0 Å². The number of benzene rings is 3. The van der Waals surface area contributed by atoms with Crippen LogP contribution in [-0.2, 0) is 11.2 Å². The summed E-state index contributed by atoms with van der Waals surface area (Å²) in [5, 5.41) is 22.7. The van der Waals surface area contributed by atoms with E-state index in [1.807, 2.05) is 18.2 Å². The van der Waals surface area contributed by atoms with Gasteiger partial charge in [0.1, 0.15) is 17.5 Å². The van der Waals surface area contributed by atoms with Crippen LogP contribution in [0.1, 0.15) is 16.7 Å². The predicted molar refractivity (Wildman–Crippen MR) is 119 cm³/mol. The molecule has 0 bridgehead atoms. The van der Waals surface area contributed by atoms with E-state index in [1.54, 1.807) is 18.2 Å². The Kier molecular flexibility index (Phi) is 6.90. The minimum Gasteiger partial charge on any atom is -0.321 e. The molecule has 0 aliphatic rings. The Hall–Kier alpha value is -3.83. The first-order valence-electron chi connectivity index (χ1n) is 9.06. The first-order valence-corrected chi connectivity index (χ1v) is 9.85. The van der Waals surface area contributed by atoms with Gasteiger partial charge in [-0.15, -0.1) is 0 Å². The molecular weight excluding hydrogens is 465 g/mol. The Labute approximate surface area is 185 Å². The maximum atomic E-state index is 13.4. The van der Waals surface area contributed by atoms with E-state index >= 15 is 0 Å². The third kappa shape index (κ3) is 5.84. The van der Waals surface area contributed by atoms with Crippen molar-refractivity contribution in [3.05, 3.63) is 109 Å². The molecule has 1 amide bonds. The first kappa shape index (κ1) is 21.9. The lowest BCUT2D eigenvalue weighted by Gasteiger charge is -2.07. The molecular formula is C23H15BrFN3O3. The number of nitrogens with one attached hydrogen (secondary N) is 1. The summed E-state index contributed by atoms with van der Waals surface area (Å²) in [6.45, 7) is 0.